The maximum Gasteiger partial charge on any atom is 0.488 e. The van der Waals surface area contributed by atoms with Crippen molar-refractivity contribution in [3.8, 4) is 34.5 Å². The van der Waals surface area contributed by atoms with Crippen molar-refractivity contribution in [2.24, 2.45) is 0 Å². The SMILES string of the molecule is OB(O)c1cc2c3c(c1)Oc1cccc4c1N3c1c(cccc1O2)O4. The summed E-state index contributed by atoms with van der Waals surface area (Å²) in [4.78, 5) is 2.06. The van der Waals surface area contributed by atoms with Crippen LogP contribution in [0.5, 0.6) is 34.5 Å². The molecule has 3 aliphatic rings. The van der Waals surface area contributed by atoms with Gasteiger partial charge in [0.05, 0.1) is 0 Å². The van der Waals surface area contributed by atoms with Gasteiger partial charge in [-0.15, -0.1) is 0 Å². The van der Waals surface area contributed by atoms with Gasteiger partial charge in [0.15, 0.2) is 34.5 Å². The zero-order valence-corrected chi connectivity index (χ0v) is 12.8. The maximum atomic E-state index is 9.58. The van der Waals surface area contributed by atoms with Crippen LogP contribution >= 0.6 is 0 Å². The highest BCUT2D eigenvalue weighted by atomic mass is 16.5. The molecule has 0 atom stereocenters. The van der Waals surface area contributed by atoms with E-state index in [0.29, 0.717) is 40.0 Å². The van der Waals surface area contributed by atoms with E-state index in [1.54, 1.807) is 12.1 Å². The zero-order chi connectivity index (χ0) is 16.7. The van der Waals surface area contributed by atoms with Crippen LogP contribution in [0.4, 0.5) is 17.1 Å². The Kier molecular flexibility index (Phi) is 2.25. The van der Waals surface area contributed by atoms with Crippen molar-refractivity contribution in [2.75, 3.05) is 4.90 Å². The molecule has 0 spiro atoms. The lowest BCUT2D eigenvalue weighted by Gasteiger charge is -2.41. The summed E-state index contributed by atoms with van der Waals surface area (Å²) in [6.07, 6.45) is 0. The van der Waals surface area contributed by atoms with Gasteiger partial charge < -0.3 is 24.3 Å². The van der Waals surface area contributed by atoms with Crippen LogP contribution < -0.4 is 24.6 Å². The monoisotopic (exact) mass is 331 g/mol. The molecule has 3 aliphatic heterocycles. The molecule has 120 valence electrons. The first-order valence-electron chi connectivity index (χ1n) is 7.84. The van der Waals surface area contributed by atoms with Crippen LogP contribution in [0.3, 0.4) is 0 Å². The van der Waals surface area contributed by atoms with Crippen LogP contribution in [-0.2, 0) is 0 Å². The number of nitrogens with zero attached hydrogens (tertiary/aromatic N) is 1. The summed E-state index contributed by atoms with van der Waals surface area (Å²) in [5, 5.41) is 19.2. The maximum absolute atomic E-state index is 9.58. The van der Waals surface area contributed by atoms with Gasteiger partial charge in [-0.3, -0.25) is 4.90 Å². The van der Waals surface area contributed by atoms with E-state index in [-0.39, 0.29) is 0 Å². The third-order valence-electron chi connectivity index (χ3n) is 4.61. The van der Waals surface area contributed by atoms with Gasteiger partial charge in [-0.2, -0.15) is 0 Å². The fourth-order valence-corrected chi connectivity index (χ4v) is 3.59. The van der Waals surface area contributed by atoms with Crippen molar-refractivity contribution >= 4 is 29.6 Å². The number of benzene rings is 3. The molecule has 0 aromatic heterocycles. The Morgan fingerprint density at radius 2 is 1.04 bits per heavy atom. The van der Waals surface area contributed by atoms with E-state index in [1.807, 2.05) is 36.4 Å². The fraction of sp³-hybridized carbons (Fsp3) is 0. The molecule has 0 fully saturated rings. The van der Waals surface area contributed by atoms with Gasteiger partial charge >= 0.3 is 7.12 Å². The standard InChI is InChI=1S/C18H10BNO5/c21-19(22)9-7-14-18-15(8-9)25-13-6-2-4-11-17(13)20(18)16-10(23-11)3-1-5-12(16)24-14/h1-8,21-22H. The predicted octanol–water partition coefficient (Wildman–Crippen LogP) is 3.15. The molecule has 0 radical (unpaired) electrons. The molecule has 0 saturated carbocycles. The van der Waals surface area contributed by atoms with Crippen molar-refractivity contribution < 1.29 is 24.3 Å². The minimum absolute atomic E-state index is 0.307. The molecule has 0 unspecified atom stereocenters. The van der Waals surface area contributed by atoms with Crippen molar-refractivity contribution in [1.29, 1.82) is 0 Å². The molecule has 0 bridgehead atoms. The Morgan fingerprint density at radius 3 is 1.48 bits per heavy atom. The first kappa shape index (κ1) is 13.2. The second-order valence-electron chi connectivity index (χ2n) is 6.09. The average Bonchev–Trinajstić information content (AvgIpc) is 2.61. The van der Waals surface area contributed by atoms with Gasteiger partial charge in [0.2, 0.25) is 0 Å². The van der Waals surface area contributed by atoms with Crippen LogP contribution in [0.2, 0.25) is 0 Å². The summed E-state index contributed by atoms with van der Waals surface area (Å²) >= 11 is 0. The third-order valence-corrected chi connectivity index (χ3v) is 4.61. The molecule has 6 rings (SSSR count). The average molecular weight is 331 g/mol. The largest absolute Gasteiger partial charge is 0.488 e. The quantitative estimate of drug-likeness (QED) is 0.451. The van der Waals surface area contributed by atoms with Gasteiger partial charge in [-0.05, 0) is 41.9 Å². The van der Waals surface area contributed by atoms with Crippen LogP contribution in [0.25, 0.3) is 0 Å². The smallest absolute Gasteiger partial charge is 0.453 e. The van der Waals surface area contributed by atoms with Gasteiger partial charge in [-0.25, -0.2) is 0 Å². The molecule has 0 saturated heterocycles. The van der Waals surface area contributed by atoms with E-state index in [1.165, 1.54) is 0 Å². The molecular formula is C18H10BNO5. The normalized spacial score (nSPS) is 14.1. The first-order valence-corrected chi connectivity index (χ1v) is 7.84. The van der Waals surface area contributed by atoms with Crippen LogP contribution in [-0.4, -0.2) is 17.2 Å². The summed E-state index contributed by atoms with van der Waals surface area (Å²) in [5.41, 5.74) is 2.67. The lowest BCUT2D eigenvalue weighted by atomic mass is 9.79. The lowest BCUT2D eigenvalue weighted by Crippen LogP contribution is -2.32. The van der Waals surface area contributed by atoms with Crippen molar-refractivity contribution in [1.82, 2.24) is 0 Å². The molecule has 6 nitrogen and oxygen atoms in total. The van der Waals surface area contributed by atoms with Crippen LogP contribution in [0.1, 0.15) is 0 Å². The van der Waals surface area contributed by atoms with Gasteiger partial charge in [0.25, 0.3) is 0 Å². The molecular weight excluding hydrogens is 321 g/mol. The number of hydrogen-bond donors (Lipinski definition) is 2. The molecule has 3 aromatic carbocycles. The molecule has 7 heteroatoms. The van der Waals surface area contributed by atoms with E-state index in [4.69, 9.17) is 14.2 Å². The molecule has 0 aliphatic carbocycles. The fourth-order valence-electron chi connectivity index (χ4n) is 3.59. The van der Waals surface area contributed by atoms with E-state index in [0.717, 1.165) is 17.1 Å². The topological polar surface area (TPSA) is 71.4 Å². The summed E-state index contributed by atoms with van der Waals surface area (Å²) < 4.78 is 18.1. The first-order chi connectivity index (χ1) is 12.2. The summed E-state index contributed by atoms with van der Waals surface area (Å²) in [7, 11) is -1.61. The number of rotatable bonds is 1. The Labute approximate surface area is 142 Å². The number of hydrogen-bond acceptors (Lipinski definition) is 6. The number of para-hydroxylation sites is 2. The van der Waals surface area contributed by atoms with Gasteiger partial charge in [0.1, 0.15) is 17.1 Å². The van der Waals surface area contributed by atoms with E-state index in [9.17, 15) is 10.0 Å². The minimum atomic E-state index is -1.61. The molecule has 2 N–H and O–H groups in total. The third kappa shape index (κ3) is 1.56. The zero-order valence-electron chi connectivity index (χ0n) is 12.8. The Hall–Kier alpha value is -3.16. The highest BCUT2D eigenvalue weighted by Gasteiger charge is 2.41. The van der Waals surface area contributed by atoms with E-state index < -0.39 is 7.12 Å². The Balaban J connectivity index is 1.73. The second-order valence-corrected chi connectivity index (χ2v) is 6.09. The Morgan fingerprint density at radius 1 is 0.640 bits per heavy atom. The molecule has 3 aromatic rings. The highest BCUT2D eigenvalue weighted by Crippen LogP contribution is 2.66. The second kappa shape index (κ2) is 4.27. The summed E-state index contributed by atoms with van der Waals surface area (Å²) in [6.45, 7) is 0. The van der Waals surface area contributed by atoms with Crippen LogP contribution in [0.15, 0.2) is 48.5 Å². The summed E-state index contributed by atoms with van der Waals surface area (Å²) in [6, 6.07) is 14.5. The van der Waals surface area contributed by atoms with Gasteiger partial charge in [-0.1, -0.05) is 12.1 Å². The number of ether oxygens (including phenoxy) is 3. The lowest BCUT2D eigenvalue weighted by molar-refractivity contribution is 0.413. The molecule has 0 amide bonds. The predicted molar refractivity (Wildman–Crippen MR) is 91.2 cm³/mol. The van der Waals surface area contributed by atoms with Crippen molar-refractivity contribution in [3.05, 3.63) is 48.5 Å². The molecule has 25 heavy (non-hydrogen) atoms. The van der Waals surface area contributed by atoms with E-state index >= 15 is 0 Å². The van der Waals surface area contributed by atoms with Crippen molar-refractivity contribution in [2.45, 2.75) is 0 Å². The van der Waals surface area contributed by atoms with Crippen molar-refractivity contribution in [3.63, 3.8) is 0 Å². The number of anilines is 3. The summed E-state index contributed by atoms with van der Waals surface area (Å²) in [5.74, 6) is 3.70. The van der Waals surface area contributed by atoms with Gasteiger partial charge in [0, 0.05) is 0 Å². The Bertz CT molecular complexity index is 1000. The highest BCUT2D eigenvalue weighted by molar-refractivity contribution is 6.58. The minimum Gasteiger partial charge on any atom is -0.453 e. The van der Waals surface area contributed by atoms with Crippen LogP contribution in [0, 0.1) is 0 Å². The molecule has 3 heterocycles. The van der Waals surface area contributed by atoms with E-state index in [2.05, 4.69) is 4.90 Å².